The van der Waals surface area contributed by atoms with Crippen LogP contribution >= 0.6 is 0 Å². The minimum Gasteiger partial charge on any atom is -0.486 e. The summed E-state index contributed by atoms with van der Waals surface area (Å²) in [6.07, 6.45) is 2.33. The number of aromatic nitrogens is 1. The number of benzene rings is 2. The van der Waals surface area contributed by atoms with Crippen LogP contribution in [0, 0.1) is 0 Å². The smallest absolute Gasteiger partial charge is 0.221 e. The van der Waals surface area contributed by atoms with Crippen molar-refractivity contribution in [1.29, 1.82) is 0 Å². The van der Waals surface area contributed by atoms with Gasteiger partial charge in [0, 0.05) is 48.5 Å². The average Bonchev–Trinajstić information content (AvgIpc) is 3.17. The molecular formula is C23H20N2O4. The number of ether oxygens (including phenoxy) is 2. The van der Waals surface area contributed by atoms with E-state index in [1.807, 2.05) is 48.7 Å². The molecule has 29 heavy (non-hydrogen) atoms. The molecule has 0 bridgehead atoms. The van der Waals surface area contributed by atoms with Gasteiger partial charge in [0.1, 0.15) is 13.2 Å². The molecule has 1 unspecified atom stereocenters. The van der Waals surface area contributed by atoms with Crippen molar-refractivity contribution in [2.75, 3.05) is 18.5 Å². The first-order valence-electron chi connectivity index (χ1n) is 9.62. The van der Waals surface area contributed by atoms with Crippen molar-refractivity contribution in [1.82, 2.24) is 4.57 Å². The molecule has 2 aliphatic rings. The van der Waals surface area contributed by atoms with Gasteiger partial charge in [-0.3, -0.25) is 9.59 Å². The molecule has 6 heteroatoms. The largest absolute Gasteiger partial charge is 0.486 e. The van der Waals surface area contributed by atoms with Gasteiger partial charge in [-0.1, -0.05) is 12.1 Å². The van der Waals surface area contributed by atoms with E-state index in [9.17, 15) is 9.59 Å². The molecule has 1 N–H and O–H groups in total. The molecule has 3 heterocycles. The highest BCUT2D eigenvalue weighted by Gasteiger charge is 2.30. The number of carbonyl (C=O) groups excluding carboxylic acids is 2. The molecule has 146 valence electrons. The van der Waals surface area contributed by atoms with Gasteiger partial charge in [-0.05, 0) is 35.9 Å². The minimum absolute atomic E-state index is 0.0663. The number of nitrogens with one attached hydrogen (secondary N) is 1. The van der Waals surface area contributed by atoms with Gasteiger partial charge in [0.15, 0.2) is 17.3 Å². The molecule has 2 aromatic carbocycles. The summed E-state index contributed by atoms with van der Waals surface area (Å²) in [7, 11) is 0. The molecule has 1 aromatic heterocycles. The maximum atomic E-state index is 13.2. The zero-order valence-corrected chi connectivity index (χ0v) is 16.0. The SMILES string of the molecule is CC(=O)Nc1ccc(C2CC(=O)c3cc4c(cc3-n3cccc32)OCCO4)cc1. The van der Waals surface area contributed by atoms with Crippen molar-refractivity contribution in [2.24, 2.45) is 0 Å². The standard InChI is InChI=1S/C23H20N2O4/c1-14(26)24-16-6-4-15(5-7-16)17-11-21(27)18-12-22-23(29-10-9-28-22)13-20(18)25-8-2-3-19(17)25/h2-8,12-13,17H,9-11H2,1H3,(H,24,26). The number of carbonyl (C=O) groups is 2. The van der Waals surface area contributed by atoms with Crippen LogP contribution < -0.4 is 14.8 Å². The van der Waals surface area contributed by atoms with E-state index in [0.717, 1.165) is 22.6 Å². The van der Waals surface area contributed by atoms with Crippen LogP contribution in [0.2, 0.25) is 0 Å². The lowest BCUT2D eigenvalue weighted by Gasteiger charge is -2.21. The van der Waals surface area contributed by atoms with Gasteiger partial charge in [-0.15, -0.1) is 0 Å². The Morgan fingerprint density at radius 1 is 1.07 bits per heavy atom. The number of Topliss-reactive ketones (excluding diaryl/α,β-unsaturated/α-hetero) is 1. The average molecular weight is 388 g/mol. The molecule has 2 aliphatic heterocycles. The van der Waals surface area contributed by atoms with E-state index in [1.165, 1.54) is 6.92 Å². The topological polar surface area (TPSA) is 69.6 Å². The van der Waals surface area contributed by atoms with E-state index in [1.54, 1.807) is 6.07 Å². The van der Waals surface area contributed by atoms with Crippen molar-refractivity contribution in [2.45, 2.75) is 19.3 Å². The van der Waals surface area contributed by atoms with Gasteiger partial charge in [0.05, 0.1) is 5.69 Å². The van der Waals surface area contributed by atoms with Crippen LogP contribution in [-0.2, 0) is 4.79 Å². The van der Waals surface area contributed by atoms with Crippen LogP contribution in [0.15, 0.2) is 54.7 Å². The second-order valence-corrected chi connectivity index (χ2v) is 7.30. The van der Waals surface area contributed by atoms with Crippen molar-refractivity contribution in [3.8, 4) is 17.2 Å². The van der Waals surface area contributed by atoms with Gasteiger partial charge >= 0.3 is 0 Å². The Kier molecular flexibility index (Phi) is 4.12. The molecule has 6 nitrogen and oxygen atoms in total. The fraction of sp³-hybridized carbons (Fsp3) is 0.217. The molecule has 5 rings (SSSR count). The van der Waals surface area contributed by atoms with E-state index in [-0.39, 0.29) is 17.6 Å². The number of amides is 1. The van der Waals surface area contributed by atoms with E-state index in [0.29, 0.717) is 36.7 Å². The molecule has 0 radical (unpaired) electrons. The molecule has 1 atom stereocenters. The van der Waals surface area contributed by atoms with E-state index >= 15 is 0 Å². The Bertz CT molecular complexity index is 1110. The highest BCUT2D eigenvalue weighted by atomic mass is 16.6. The quantitative estimate of drug-likeness (QED) is 0.722. The van der Waals surface area contributed by atoms with Crippen LogP contribution in [0.3, 0.4) is 0 Å². The number of ketones is 1. The van der Waals surface area contributed by atoms with E-state index < -0.39 is 0 Å². The zero-order chi connectivity index (χ0) is 20.0. The third kappa shape index (κ3) is 3.06. The lowest BCUT2D eigenvalue weighted by atomic mass is 9.90. The van der Waals surface area contributed by atoms with E-state index in [2.05, 4.69) is 9.88 Å². The zero-order valence-electron chi connectivity index (χ0n) is 16.0. The Balaban J connectivity index is 1.58. The molecule has 0 fully saturated rings. The van der Waals surface area contributed by atoms with Crippen molar-refractivity contribution in [3.63, 3.8) is 0 Å². The third-order valence-electron chi connectivity index (χ3n) is 5.38. The molecule has 0 spiro atoms. The van der Waals surface area contributed by atoms with Gasteiger partial charge in [0.2, 0.25) is 5.91 Å². The molecule has 3 aromatic rings. The molecule has 0 aliphatic carbocycles. The monoisotopic (exact) mass is 388 g/mol. The summed E-state index contributed by atoms with van der Waals surface area (Å²) in [6.45, 7) is 2.47. The van der Waals surface area contributed by atoms with Crippen LogP contribution in [0.5, 0.6) is 11.5 Å². The highest BCUT2D eigenvalue weighted by Crippen LogP contribution is 2.41. The summed E-state index contributed by atoms with van der Waals surface area (Å²) < 4.78 is 13.5. The maximum Gasteiger partial charge on any atom is 0.221 e. The molecular weight excluding hydrogens is 368 g/mol. The number of nitrogens with zero attached hydrogens (tertiary/aromatic N) is 1. The summed E-state index contributed by atoms with van der Waals surface area (Å²) in [5.41, 5.74) is 4.26. The van der Waals surface area contributed by atoms with Crippen molar-refractivity contribution < 1.29 is 19.1 Å². The van der Waals surface area contributed by atoms with Gasteiger partial charge in [-0.2, -0.15) is 0 Å². The molecule has 1 amide bonds. The predicted molar refractivity (Wildman–Crippen MR) is 108 cm³/mol. The first-order chi connectivity index (χ1) is 14.1. The van der Waals surface area contributed by atoms with E-state index in [4.69, 9.17) is 9.47 Å². The van der Waals surface area contributed by atoms with Crippen molar-refractivity contribution in [3.05, 3.63) is 71.5 Å². The second kappa shape index (κ2) is 6.81. The Morgan fingerprint density at radius 2 is 1.79 bits per heavy atom. The Labute approximate surface area is 168 Å². The third-order valence-corrected chi connectivity index (χ3v) is 5.38. The van der Waals surface area contributed by atoms with Crippen LogP contribution in [-0.4, -0.2) is 29.5 Å². The summed E-state index contributed by atoms with van der Waals surface area (Å²) in [5.74, 6) is 1.16. The van der Waals surface area contributed by atoms with Gasteiger partial charge < -0.3 is 19.4 Å². The number of anilines is 1. The number of hydrogen-bond donors (Lipinski definition) is 1. The second-order valence-electron chi connectivity index (χ2n) is 7.30. The highest BCUT2D eigenvalue weighted by molar-refractivity contribution is 6.01. The fourth-order valence-corrected chi connectivity index (χ4v) is 4.09. The number of hydrogen-bond acceptors (Lipinski definition) is 4. The lowest BCUT2D eigenvalue weighted by molar-refractivity contribution is -0.114. The summed E-state index contributed by atoms with van der Waals surface area (Å²) in [4.78, 5) is 24.5. The summed E-state index contributed by atoms with van der Waals surface area (Å²) >= 11 is 0. The number of fused-ring (bicyclic) bond motifs is 4. The Morgan fingerprint density at radius 3 is 2.52 bits per heavy atom. The molecule has 0 saturated heterocycles. The first-order valence-corrected chi connectivity index (χ1v) is 9.62. The normalized spacial score (nSPS) is 17.1. The predicted octanol–water partition coefficient (Wildman–Crippen LogP) is 3.93. The minimum atomic E-state index is -0.111. The number of rotatable bonds is 2. The summed E-state index contributed by atoms with van der Waals surface area (Å²) in [5, 5.41) is 2.78. The lowest BCUT2D eigenvalue weighted by Crippen LogP contribution is -2.16. The van der Waals surface area contributed by atoms with Gasteiger partial charge in [0.25, 0.3) is 0 Å². The summed E-state index contributed by atoms with van der Waals surface area (Å²) in [6, 6.07) is 15.4. The van der Waals surface area contributed by atoms with Crippen LogP contribution in [0.1, 0.15) is 40.9 Å². The maximum absolute atomic E-state index is 13.2. The van der Waals surface area contributed by atoms with Crippen LogP contribution in [0.4, 0.5) is 5.69 Å². The van der Waals surface area contributed by atoms with Crippen LogP contribution in [0.25, 0.3) is 5.69 Å². The Hall–Kier alpha value is -3.54. The molecule has 0 saturated carbocycles. The van der Waals surface area contributed by atoms with Crippen molar-refractivity contribution >= 4 is 17.4 Å². The fourth-order valence-electron chi connectivity index (χ4n) is 4.09. The van der Waals surface area contributed by atoms with Gasteiger partial charge in [-0.25, -0.2) is 0 Å². The first kappa shape index (κ1) is 17.6.